The molecule has 4 aromatic rings. The summed E-state index contributed by atoms with van der Waals surface area (Å²) in [5.41, 5.74) is 0.274. The molecule has 1 fully saturated rings. The van der Waals surface area contributed by atoms with Gasteiger partial charge in [0.05, 0.1) is 12.1 Å². The Hall–Kier alpha value is -4.38. The van der Waals surface area contributed by atoms with Crippen molar-refractivity contribution in [2.45, 2.75) is 19.6 Å². The number of nitrogens with one attached hydrogen (secondary N) is 3. The van der Waals surface area contributed by atoms with Crippen LogP contribution in [0.2, 0.25) is 0 Å². The van der Waals surface area contributed by atoms with Crippen LogP contribution in [0.5, 0.6) is 0 Å². The highest BCUT2D eigenvalue weighted by atomic mass is 32.1. The normalized spacial score (nSPS) is 14.3. The molecule has 12 nitrogen and oxygen atoms in total. The number of hydrogen-bond acceptors (Lipinski definition) is 9. The predicted molar refractivity (Wildman–Crippen MR) is 178 cm³/mol. The lowest BCUT2D eigenvalue weighted by atomic mass is 9.99. The number of carbonyl (C=O) groups is 2. The molecule has 0 bridgehead atoms. The van der Waals surface area contributed by atoms with Crippen molar-refractivity contribution in [3.8, 4) is 21.7 Å². The Morgan fingerprint density at radius 2 is 1.83 bits per heavy atom. The lowest BCUT2D eigenvalue weighted by Crippen LogP contribution is -2.47. The number of thiazole rings is 1. The third-order valence-electron chi connectivity index (χ3n) is 7.99. The van der Waals surface area contributed by atoms with Gasteiger partial charge >= 0.3 is 12.2 Å². The van der Waals surface area contributed by atoms with Crippen molar-refractivity contribution < 1.29 is 27.5 Å². The van der Waals surface area contributed by atoms with Crippen LogP contribution in [0.25, 0.3) is 32.6 Å². The van der Waals surface area contributed by atoms with E-state index < -0.39 is 29.2 Å². The molecule has 5 rings (SSSR count). The molecule has 0 spiro atoms. The van der Waals surface area contributed by atoms with Crippen molar-refractivity contribution in [2.75, 3.05) is 71.9 Å². The maximum absolute atomic E-state index is 13.6. The molecular weight excluding hydrogens is 649 g/mol. The van der Waals surface area contributed by atoms with Gasteiger partial charge in [0.15, 0.2) is 5.69 Å². The van der Waals surface area contributed by atoms with E-state index in [9.17, 15) is 27.6 Å². The first-order valence-corrected chi connectivity index (χ1v) is 16.3. The number of benzene rings is 1. The number of methoxy groups -OCH3 is 1. The van der Waals surface area contributed by atoms with Crippen LogP contribution in [0, 0.1) is 0 Å². The fourth-order valence-electron chi connectivity index (χ4n) is 5.37. The van der Waals surface area contributed by atoms with Gasteiger partial charge in [0.25, 0.3) is 5.91 Å². The first kappa shape index (κ1) is 34.9. The molecule has 256 valence electrons. The minimum Gasteiger partial charge on any atom is -0.383 e. The predicted octanol–water partition coefficient (Wildman–Crippen LogP) is 3.97. The van der Waals surface area contributed by atoms with Crippen molar-refractivity contribution in [3.05, 3.63) is 63.5 Å². The number of likely N-dealkylation sites (N-methyl/N-ethyl adjacent to an activating group) is 1. The minimum absolute atomic E-state index is 0.00432. The van der Waals surface area contributed by atoms with E-state index in [4.69, 9.17) is 4.74 Å². The van der Waals surface area contributed by atoms with Crippen LogP contribution in [-0.4, -0.2) is 103 Å². The number of rotatable bonds is 11. The zero-order valence-corrected chi connectivity index (χ0v) is 27.6. The molecular formula is C32H37F3N8O4S. The molecule has 3 amide bonds. The zero-order chi connectivity index (χ0) is 34.4. The number of fused-ring (bicyclic) bond motifs is 1. The van der Waals surface area contributed by atoms with Crippen molar-refractivity contribution in [1.29, 1.82) is 0 Å². The summed E-state index contributed by atoms with van der Waals surface area (Å²) >= 11 is 0.809. The van der Waals surface area contributed by atoms with Gasteiger partial charge in [-0.1, -0.05) is 6.07 Å². The summed E-state index contributed by atoms with van der Waals surface area (Å²) in [6, 6.07) is 5.89. The van der Waals surface area contributed by atoms with Crippen molar-refractivity contribution >= 4 is 40.0 Å². The van der Waals surface area contributed by atoms with Gasteiger partial charge in [0.2, 0.25) is 5.43 Å². The Kier molecular flexibility index (Phi) is 11.1. The molecule has 16 heteroatoms. The van der Waals surface area contributed by atoms with Gasteiger partial charge in [0, 0.05) is 93.8 Å². The summed E-state index contributed by atoms with van der Waals surface area (Å²) in [6.07, 6.45) is -1.70. The topological polar surface area (TPSA) is 134 Å². The van der Waals surface area contributed by atoms with Gasteiger partial charge in [-0.25, -0.2) is 14.8 Å². The Morgan fingerprint density at radius 1 is 1.06 bits per heavy atom. The third kappa shape index (κ3) is 8.18. The Morgan fingerprint density at radius 3 is 2.52 bits per heavy atom. The second-order valence-corrected chi connectivity index (χ2v) is 12.2. The first-order valence-electron chi connectivity index (χ1n) is 15.4. The van der Waals surface area contributed by atoms with Crippen LogP contribution in [-0.2, 0) is 17.5 Å². The molecule has 0 atom stereocenters. The lowest BCUT2D eigenvalue weighted by Gasteiger charge is -2.32. The van der Waals surface area contributed by atoms with E-state index in [1.807, 2.05) is 0 Å². The number of halogens is 3. The summed E-state index contributed by atoms with van der Waals surface area (Å²) < 4.78 is 47.5. The quantitative estimate of drug-likeness (QED) is 0.216. The number of ether oxygens (including phenoxy) is 1. The van der Waals surface area contributed by atoms with Crippen LogP contribution in [0.1, 0.15) is 23.0 Å². The number of pyridine rings is 2. The van der Waals surface area contributed by atoms with E-state index in [0.29, 0.717) is 60.4 Å². The molecule has 4 heterocycles. The largest absolute Gasteiger partial charge is 0.434 e. The average molecular weight is 687 g/mol. The molecule has 0 aliphatic carbocycles. The van der Waals surface area contributed by atoms with Gasteiger partial charge in [-0.05, 0) is 37.7 Å². The van der Waals surface area contributed by atoms with Gasteiger partial charge in [-0.15, -0.1) is 11.3 Å². The first-order chi connectivity index (χ1) is 23.0. The SMILES string of the molecule is CCNC(=O)Nc1cc(-c2nc(C(F)(F)F)cs2)c(-c2ccc3c(=O)c(C(=O)NCCN4CCN(C)CC4)cn(CCOC)c3c2)cn1. The van der Waals surface area contributed by atoms with Crippen LogP contribution in [0.15, 0.2) is 46.8 Å². The Labute approximate surface area is 278 Å². The summed E-state index contributed by atoms with van der Waals surface area (Å²) in [5, 5.41) is 9.33. The van der Waals surface area contributed by atoms with Gasteiger partial charge in [0.1, 0.15) is 16.4 Å². The number of amides is 3. The van der Waals surface area contributed by atoms with Gasteiger partial charge in [-0.2, -0.15) is 13.2 Å². The highest BCUT2D eigenvalue weighted by Gasteiger charge is 2.34. The Balaban J connectivity index is 1.51. The van der Waals surface area contributed by atoms with Crippen molar-refractivity contribution in [3.63, 3.8) is 0 Å². The van der Waals surface area contributed by atoms with E-state index in [-0.39, 0.29) is 16.4 Å². The Bertz CT molecular complexity index is 1840. The molecule has 3 N–H and O–H groups in total. The van der Waals surface area contributed by atoms with Gasteiger partial charge in [-0.3, -0.25) is 19.8 Å². The number of anilines is 1. The summed E-state index contributed by atoms with van der Waals surface area (Å²) in [5.74, 6) is -0.360. The van der Waals surface area contributed by atoms with E-state index in [1.165, 1.54) is 18.5 Å². The monoisotopic (exact) mass is 686 g/mol. The van der Waals surface area contributed by atoms with E-state index in [1.54, 1.807) is 36.8 Å². The highest BCUT2D eigenvalue weighted by Crippen LogP contribution is 2.39. The number of carbonyl (C=O) groups excluding carboxylic acids is 2. The molecule has 1 saturated heterocycles. The number of urea groups is 1. The zero-order valence-electron chi connectivity index (χ0n) is 26.8. The third-order valence-corrected chi connectivity index (χ3v) is 8.87. The van der Waals surface area contributed by atoms with E-state index in [2.05, 4.69) is 42.8 Å². The number of hydrogen-bond donors (Lipinski definition) is 3. The van der Waals surface area contributed by atoms with Crippen LogP contribution >= 0.6 is 11.3 Å². The van der Waals surface area contributed by atoms with E-state index >= 15 is 0 Å². The lowest BCUT2D eigenvalue weighted by molar-refractivity contribution is -0.140. The number of nitrogens with zero attached hydrogens (tertiary/aromatic N) is 5. The van der Waals surface area contributed by atoms with Crippen LogP contribution in [0.3, 0.4) is 0 Å². The maximum Gasteiger partial charge on any atom is 0.434 e. The van der Waals surface area contributed by atoms with Crippen molar-refractivity contribution in [2.24, 2.45) is 0 Å². The van der Waals surface area contributed by atoms with Crippen molar-refractivity contribution in [1.82, 2.24) is 35.0 Å². The maximum atomic E-state index is 13.6. The molecule has 48 heavy (non-hydrogen) atoms. The molecule has 0 radical (unpaired) electrons. The average Bonchev–Trinajstić information content (AvgIpc) is 3.57. The summed E-state index contributed by atoms with van der Waals surface area (Å²) in [7, 11) is 3.61. The molecule has 1 aliphatic heterocycles. The number of alkyl halides is 3. The standard InChI is InChI=1S/C32H37F3N8O4S/c1-4-36-31(46)40-27-16-22(30-39-26(19-48-30)32(33,34)35)23(17-38-27)20-5-6-21-25(15-20)43(13-14-47-3)18-24(28(21)44)29(45)37-7-8-42-11-9-41(2)10-12-42/h5-6,15-19H,4,7-14H2,1-3H3,(H,37,45)(H2,36,38,40,46). The highest BCUT2D eigenvalue weighted by molar-refractivity contribution is 7.13. The molecule has 1 aliphatic rings. The van der Waals surface area contributed by atoms with Crippen LogP contribution in [0.4, 0.5) is 23.8 Å². The van der Waals surface area contributed by atoms with Crippen LogP contribution < -0.4 is 21.4 Å². The second-order valence-electron chi connectivity index (χ2n) is 11.3. The second kappa shape index (κ2) is 15.2. The summed E-state index contributed by atoms with van der Waals surface area (Å²) in [6.45, 7) is 7.51. The number of piperazine rings is 1. The van der Waals surface area contributed by atoms with E-state index in [0.717, 1.165) is 42.9 Å². The minimum atomic E-state index is -4.64. The molecule has 3 aromatic heterocycles. The van der Waals surface area contributed by atoms with Gasteiger partial charge < -0.3 is 24.8 Å². The summed E-state index contributed by atoms with van der Waals surface area (Å²) in [4.78, 5) is 51.7. The molecule has 0 saturated carbocycles. The molecule has 0 unspecified atom stereocenters. The molecule has 1 aromatic carbocycles. The number of aromatic nitrogens is 3. The fraction of sp³-hybridized carbons (Fsp3) is 0.406. The smallest absolute Gasteiger partial charge is 0.383 e. The fourth-order valence-corrected chi connectivity index (χ4v) is 6.22.